The Balaban J connectivity index is 2.05. The van der Waals surface area contributed by atoms with Crippen LogP contribution in [0.3, 0.4) is 0 Å². The molecule has 4 aromatic rings. The zero-order chi connectivity index (χ0) is 14.6. The number of hydrogen-bond acceptors (Lipinski definition) is 3. The summed E-state index contributed by atoms with van der Waals surface area (Å²) in [7, 11) is 0. The minimum absolute atomic E-state index is 0.186. The Labute approximate surface area is 115 Å². The van der Waals surface area contributed by atoms with Crippen LogP contribution in [0.2, 0.25) is 0 Å². The highest BCUT2D eigenvalue weighted by Gasteiger charge is 2.35. The monoisotopic (exact) mass is 288 g/mol. The third-order valence-electron chi connectivity index (χ3n) is 3.21. The first-order valence-electron chi connectivity index (χ1n) is 6.14. The number of rotatable bonds is 0. The molecule has 0 spiro atoms. The molecule has 0 bridgehead atoms. The molecule has 0 atom stereocenters. The molecule has 7 heteroatoms. The number of aromatic amines is 1. The van der Waals surface area contributed by atoms with Crippen molar-refractivity contribution >= 4 is 33.1 Å². The molecule has 0 saturated carbocycles. The minimum atomic E-state index is -4.55. The van der Waals surface area contributed by atoms with Crippen LogP contribution in [0.5, 0.6) is 0 Å². The summed E-state index contributed by atoms with van der Waals surface area (Å²) in [5.41, 5.74) is 3.10. The maximum Gasteiger partial charge on any atom is 0.451 e. The quantitative estimate of drug-likeness (QED) is 0.502. The summed E-state index contributed by atoms with van der Waals surface area (Å²) >= 11 is 0. The lowest BCUT2D eigenvalue weighted by Crippen LogP contribution is -2.06. The first-order chi connectivity index (χ1) is 10.0. The van der Waals surface area contributed by atoms with Gasteiger partial charge in [0.2, 0.25) is 5.82 Å². The highest BCUT2D eigenvalue weighted by atomic mass is 19.4. The highest BCUT2D eigenvalue weighted by molar-refractivity contribution is 5.94. The van der Waals surface area contributed by atoms with E-state index in [4.69, 9.17) is 0 Å². The molecule has 4 nitrogen and oxygen atoms in total. The number of para-hydroxylation sites is 2. The van der Waals surface area contributed by atoms with E-state index < -0.39 is 12.0 Å². The van der Waals surface area contributed by atoms with Crippen molar-refractivity contribution in [1.82, 2.24) is 19.9 Å². The number of alkyl halides is 3. The summed E-state index contributed by atoms with van der Waals surface area (Å²) in [6.45, 7) is 0. The van der Waals surface area contributed by atoms with E-state index in [1.54, 1.807) is 0 Å². The van der Waals surface area contributed by atoms with Gasteiger partial charge in [-0.3, -0.25) is 0 Å². The maximum absolute atomic E-state index is 12.7. The molecule has 4 rings (SSSR count). The first kappa shape index (κ1) is 12.1. The standard InChI is InChI=1S/C14H7F3N4/c15-14(16,17)13-20-11-5-9-10(6-12(11)21-13)19-8-4-2-1-3-7(8)18-9/h1-6,18H. The normalized spacial score (nSPS) is 12.5. The average Bonchev–Trinajstić information content (AvgIpc) is 2.85. The molecule has 104 valence electrons. The van der Waals surface area contributed by atoms with Crippen LogP contribution >= 0.6 is 0 Å². The third kappa shape index (κ3) is 1.89. The van der Waals surface area contributed by atoms with Gasteiger partial charge in [0.05, 0.1) is 33.1 Å². The fourth-order valence-corrected chi connectivity index (χ4v) is 2.27. The summed E-state index contributed by atoms with van der Waals surface area (Å²) in [5, 5.41) is 0. The summed E-state index contributed by atoms with van der Waals surface area (Å²) in [5.74, 6) is -1.13. The molecule has 0 saturated heterocycles. The number of benzene rings is 2. The van der Waals surface area contributed by atoms with Crippen molar-refractivity contribution in [3.05, 3.63) is 42.2 Å². The number of halogens is 3. The predicted octanol–water partition coefficient (Wildman–Crippen LogP) is 3.68. The third-order valence-corrected chi connectivity index (χ3v) is 3.21. The number of nitrogens with one attached hydrogen (secondary N) is 1. The summed E-state index contributed by atoms with van der Waals surface area (Å²) < 4.78 is 38.0. The minimum Gasteiger partial charge on any atom is -0.352 e. The largest absolute Gasteiger partial charge is 0.451 e. The van der Waals surface area contributed by atoms with Gasteiger partial charge in [-0.15, -0.1) is 0 Å². The van der Waals surface area contributed by atoms with Gasteiger partial charge in [0, 0.05) is 0 Å². The Morgan fingerprint density at radius 2 is 1.48 bits per heavy atom. The van der Waals surface area contributed by atoms with Gasteiger partial charge in [-0.2, -0.15) is 13.2 Å². The number of H-pyrrole nitrogens is 1. The van der Waals surface area contributed by atoms with Crippen LogP contribution in [-0.2, 0) is 6.18 Å². The van der Waals surface area contributed by atoms with E-state index in [2.05, 4.69) is 19.9 Å². The Bertz CT molecular complexity index is 916. The zero-order valence-electron chi connectivity index (χ0n) is 10.4. The van der Waals surface area contributed by atoms with Crippen molar-refractivity contribution in [2.75, 3.05) is 0 Å². The van der Waals surface area contributed by atoms with Crippen LogP contribution in [0, 0.1) is 0 Å². The fraction of sp³-hybridized carbons (Fsp3) is 0.0714. The van der Waals surface area contributed by atoms with Gasteiger partial charge in [-0.05, 0) is 24.3 Å². The van der Waals surface area contributed by atoms with Gasteiger partial charge < -0.3 is 4.98 Å². The van der Waals surface area contributed by atoms with Crippen LogP contribution in [0.25, 0.3) is 33.1 Å². The lowest BCUT2D eigenvalue weighted by atomic mass is 10.2. The van der Waals surface area contributed by atoms with Crippen LogP contribution in [0.1, 0.15) is 5.82 Å². The highest BCUT2D eigenvalue weighted by Crippen LogP contribution is 2.29. The smallest absolute Gasteiger partial charge is 0.352 e. The molecule has 0 amide bonds. The molecular formula is C14H7F3N4. The van der Waals surface area contributed by atoms with E-state index in [0.29, 0.717) is 11.0 Å². The molecule has 0 aliphatic heterocycles. The molecule has 0 radical (unpaired) electrons. The van der Waals surface area contributed by atoms with Gasteiger partial charge >= 0.3 is 6.18 Å². The van der Waals surface area contributed by atoms with E-state index in [-0.39, 0.29) is 11.0 Å². The number of aromatic nitrogens is 4. The topological polar surface area (TPSA) is 54.5 Å². The lowest BCUT2D eigenvalue weighted by Gasteiger charge is -2.01. The van der Waals surface area contributed by atoms with Crippen molar-refractivity contribution < 1.29 is 13.2 Å². The van der Waals surface area contributed by atoms with Crippen molar-refractivity contribution in [3.63, 3.8) is 0 Å². The number of imidazole rings is 1. The van der Waals surface area contributed by atoms with E-state index in [1.165, 1.54) is 12.1 Å². The second kappa shape index (κ2) is 3.91. The van der Waals surface area contributed by atoms with Gasteiger partial charge in [-0.25, -0.2) is 15.0 Å². The van der Waals surface area contributed by atoms with Crippen LogP contribution in [-0.4, -0.2) is 19.9 Å². The Kier molecular flexibility index (Phi) is 2.25. The molecule has 2 aromatic carbocycles. The molecule has 0 fully saturated rings. The molecule has 2 heterocycles. The maximum atomic E-state index is 12.7. The van der Waals surface area contributed by atoms with Crippen LogP contribution in [0.4, 0.5) is 13.2 Å². The van der Waals surface area contributed by atoms with Crippen molar-refractivity contribution in [2.45, 2.75) is 6.18 Å². The summed E-state index contributed by atoms with van der Waals surface area (Å²) in [4.78, 5) is 14.6. The van der Waals surface area contributed by atoms with Gasteiger partial charge in [0.1, 0.15) is 0 Å². The number of fused-ring (bicyclic) bond motifs is 3. The van der Waals surface area contributed by atoms with E-state index >= 15 is 0 Å². The van der Waals surface area contributed by atoms with Gasteiger partial charge in [0.15, 0.2) is 0 Å². The van der Waals surface area contributed by atoms with Crippen molar-refractivity contribution in [1.29, 1.82) is 0 Å². The Morgan fingerprint density at radius 1 is 0.762 bits per heavy atom. The van der Waals surface area contributed by atoms with Crippen molar-refractivity contribution in [2.24, 2.45) is 0 Å². The van der Waals surface area contributed by atoms with E-state index in [1.807, 2.05) is 24.3 Å². The van der Waals surface area contributed by atoms with Gasteiger partial charge in [0.25, 0.3) is 0 Å². The molecule has 0 aliphatic carbocycles. The van der Waals surface area contributed by atoms with Crippen LogP contribution < -0.4 is 0 Å². The molecular weight excluding hydrogens is 281 g/mol. The fourth-order valence-electron chi connectivity index (χ4n) is 2.27. The number of hydrogen-bond donors (Lipinski definition) is 1. The Morgan fingerprint density at radius 3 is 2.24 bits per heavy atom. The van der Waals surface area contributed by atoms with Crippen LogP contribution in [0.15, 0.2) is 36.4 Å². The molecule has 21 heavy (non-hydrogen) atoms. The predicted molar refractivity (Wildman–Crippen MR) is 71.7 cm³/mol. The molecule has 2 aromatic heterocycles. The number of nitrogens with zero attached hydrogens (tertiary/aromatic N) is 3. The van der Waals surface area contributed by atoms with E-state index in [9.17, 15) is 13.2 Å². The second-order valence-electron chi connectivity index (χ2n) is 4.66. The SMILES string of the molecule is FC(F)(F)c1nc2cc3nc4ccccc4[nH]c3cc2n1. The first-order valence-corrected chi connectivity index (χ1v) is 6.14. The zero-order valence-corrected chi connectivity index (χ0v) is 10.4. The average molecular weight is 288 g/mol. The Hall–Kier alpha value is -2.70. The molecule has 1 N–H and O–H groups in total. The second-order valence-corrected chi connectivity index (χ2v) is 4.66. The molecule has 0 aliphatic rings. The lowest BCUT2D eigenvalue weighted by molar-refractivity contribution is -0.144. The summed E-state index contributed by atoms with van der Waals surface area (Å²) in [6.07, 6.45) is -4.55. The van der Waals surface area contributed by atoms with Gasteiger partial charge in [-0.1, -0.05) is 12.1 Å². The van der Waals surface area contributed by atoms with Crippen molar-refractivity contribution in [3.8, 4) is 0 Å². The molecule has 0 unspecified atom stereocenters. The van der Waals surface area contributed by atoms with E-state index in [0.717, 1.165) is 11.0 Å². The summed E-state index contributed by atoms with van der Waals surface area (Å²) in [6, 6.07) is 10.4.